The van der Waals surface area contributed by atoms with E-state index in [1.54, 1.807) is 0 Å². The fourth-order valence-corrected chi connectivity index (χ4v) is 2.16. The fourth-order valence-electron chi connectivity index (χ4n) is 2.16. The molecule has 2 amide bonds. The minimum atomic E-state index is -4.58. The molecule has 0 saturated heterocycles. The molecule has 0 spiro atoms. The second kappa shape index (κ2) is 7.90. The van der Waals surface area contributed by atoms with Gasteiger partial charge in [0.1, 0.15) is 5.75 Å². The van der Waals surface area contributed by atoms with Crippen LogP contribution in [0.15, 0.2) is 48.5 Å². The zero-order valence-corrected chi connectivity index (χ0v) is 14.1. The Morgan fingerprint density at radius 1 is 1.04 bits per heavy atom. The maximum Gasteiger partial charge on any atom is 0.418 e. The van der Waals surface area contributed by atoms with E-state index < -0.39 is 23.8 Å². The predicted molar refractivity (Wildman–Crippen MR) is 90.0 cm³/mol. The lowest BCUT2D eigenvalue weighted by molar-refractivity contribution is -0.137. The number of carbonyl (C=O) groups excluding carboxylic acids is 2. The third-order valence-electron chi connectivity index (χ3n) is 3.52. The number of anilines is 1. The van der Waals surface area contributed by atoms with Gasteiger partial charge in [-0.1, -0.05) is 12.1 Å². The first kappa shape index (κ1) is 19.3. The molecule has 2 aromatic rings. The van der Waals surface area contributed by atoms with Crippen molar-refractivity contribution in [2.75, 3.05) is 12.4 Å². The first-order chi connectivity index (χ1) is 12.2. The number of ether oxygens (including phenoxy) is 1. The van der Waals surface area contributed by atoms with E-state index in [1.165, 1.54) is 56.4 Å². The maximum atomic E-state index is 13.0. The molecule has 0 heterocycles. The lowest BCUT2D eigenvalue weighted by Gasteiger charge is -2.17. The van der Waals surface area contributed by atoms with Crippen LogP contribution in [0.4, 0.5) is 18.9 Å². The van der Waals surface area contributed by atoms with E-state index in [4.69, 9.17) is 4.74 Å². The summed E-state index contributed by atoms with van der Waals surface area (Å²) < 4.78 is 44.3. The van der Waals surface area contributed by atoms with E-state index in [2.05, 4.69) is 10.6 Å². The Hall–Kier alpha value is -3.03. The second-order valence-electron chi connectivity index (χ2n) is 5.40. The highest BCUT2D eigenvalue weighted by Gasteiger charge is 2.34. The summed E-state index contributed by atoms with van der Waals surface area (Å²) in [6, 6.07) is 10.7. The van der Waals surface area contributed by atoms with Crippen molar-refractivity contribution in [3.05, 3.63) is 59.7 Å². The number of benzene rings is 2. The van der Waals surface area contributed by atoms with E-state index in [9.17, 15) is 22.8 Å². The first-order valence-corrected chi connectivity index (χ1v) is 7.68. The van der Waals surface area contributed by atoms with Gasteiger partial charge in [-0.25, -0.2) is 0 Å². The molecule has 0 aliphatic carbocycles. The number of nitrogens with one attached hydrogen (secondary N) is 2. The summed E-state index contributed by atoms with van der Waals surface area (Å²) in [5, 5.41) is 4.70. The summed E-state index contributed by atoms with van der Waals surface area (Å²) >= 11 is 0. The van der Waals surface area contributed by atoms with Crippen molar-refractivity contribution in [1.82, 2.24) is 5.32 Å². The molecule has 0 saturated carbocycles. The van der Waals surface area contributed by atoms with Gasteiger partial charge in [0.05, 0.1) is 11.3 Å². The van der Waals surface area contributed by atoms with Gasteiger partial charge in [-0.15, -0.1) is 0 Å². The summed E-state index contributed by atoms with van der Waals surface area (Å²) in [4.78, 5) is 23.6. The molecule has 0 radical (unpaired) electrons. The maximum absolute atomic E-state index is 13.0. The number of carbonyl (C=O) groups is 2. The number of rotatable bonds is 5. The van der Waals surface area contributed by atoms with Crippen molar-refractivity contribution in [3.63, 3.8) is 0 Å². The quantitative estimate of drug-likeness (QED) is 0.852. The number of amides is 2. The molecule has 2 rings (SSSR count). The van der Waals surface area contributed by atoms with Crippen LogP contribution in [-0.2, 0) is 11.0 Å². The normalized spacial score (nSPS) is 12.2. The summed E-state index contributed by atoms with van der Waals surface area (Å²) in [6.45, 7) is 1.41. The van der Waals surface area contributed by atoms with Crippen LogP contribution >= 0.6 is 0 Å². The molecule has 0 aromatic heterocycles. The molecular weight excluding hydrogens is 349 g/mol. The number of para-hydroxylation sites is 1. The second-order valence-corrected chi connectivity index (χ2v) is 5.40. The summed E-state index contributed by atoms with van der Waals surface area (Å²) in [5.41, 5.74) is -0.859. The SMILES string of the molecule is CNC(=O)c1ccc(OC(C)C(=O)Nc2ccccc2C(F)(F)F)cc1. The van der Waals surface area contributed by atoms with Gasteiger partial charge in [0, 0.05) is 12.6 Å². The molecule has 5 nitrogen and oxygen atoms in total. The standard InChI is InChI=1S/C18H17F3N2O3/c1-11(26-13-9-7-12(8-10-13)17(25)22-2)16(24)23-15-6-4-3-5-14(15)18(19,20)21/h3-11H,1-2H3,(H,22,25)(H,23,24). The Kier molecular flexibility index (Phi) is 5.86. The third kappa shape index (κ3) is 4.75. The molecule has 0 aliphatic rings. The van der Waals surface area contributed by atoms with Gasteiger partial charge in [-0.2, -0.15) is 13.2 Å². The molecule has 0 bridgehead atoms. The minimum Gasteiger partial charge on any atom is -0.481 e. The van der Waals surface area contributed by atoms with Crippen LogP contribution in [-0.4, -0.2) is 25.0 Å². The lowest BCUT2D eigenvalue weighted by atomic mass is 10.1. The molecular formula is C18H17F3N2O3. The number of hydrogen-bond donors (Lipinski definition) is 2. The van der Waals surface area contributed by atoms with Gasteiger partial charge in [-0.05, 0) is 43.3 Å². The Morgan fingerprint density at radius 2 is 1.65 bits per heavy atom. The molecule has 2 N–H and O–H groups in total. The van der Waals surface area contributed by atoms with Gasteiger partial charge in [0.2, 0.25) is 0 Å². The molecule has 1 atom stereocenters. The van der Waals surface area contributed by atoms with E-state index in [0.717, 1.165) is 6.07 Å². The molecule has 26 heavy (non-hydrogen) atoms. The molecule has 138 valence electrons. The minimum absolute atomic E-state index is 0.272. The van der Waals surface area contributed by atoms with Crippen molar-refractivity contribution >= 4 is 17.5 Å². The van der Waals surface area contributed by atoms with Crippen LogP contribution in [0.3, 0.4) is 0 Å². The van der Waals surface area contributed by atoms with Gasteiger partial charge in [0.25, 0.3) is 11.8 Å². The van der Waals surface area contributed by atoms with Crippen LogP contribution in [0.5, 0.6) is 5.75 Å². The Bertz CT molecular complexity index is 789. The Morgan fingerprint density at radius 3 is 2.23 bits per heavy atom. The van der Waals surface area contributed by atoms with Crippen molar-refractivity contribution in [3.8, 4) is 5.75 Å². The molecule has 1 unspecified atom stereocenters. The first-order valence-electron chi connectivity index (χ1n) is 7.68. The van der Waals surface area contributed by atoms with Crippen molar-refractivity contribution in [2.24, 2.45) is 0 Å². The van der Waals surface area contributed by atoms with Crippen LogP contribution in [0.1, 0.15) is 22.8 Å². The smallest absolute Gasteiger partial charge is 0.418 e. The van der Waals surface area contributed by atoms with E-state index >= 15 is 0 Å². The van der Waals surface area contributed by atoms with Gasteiger partial charge < -0.3 is 15.4 Å². The van der Waals surface area contributed by atoms with Gasteiger partial charge >= 0.3 is 6.18 Å². The predicted octanol–water partition coefficient (Wildman–Crippen LogP) is 3.47. The molecule has 0 aliphatic heterocycles. The topological polar surface area (TPSA) is 67.4 Å². The van der Waals surface area contributed by atoms with Crippen LogP contribution < -0.4 is 15.4 Å². The van der Waals surface area contributed by atoms with Crippen molar-refractivity contribution in [2.45, 2.75) is 19.2 Å². The molecule has 2 aromatic carbocycles. The van der Waals surface area contributed by atoms with Crippen LogP contribution in [0.25, 0.3) is 0 Å². The monoisotopic (exact) mass is 366 g/mol. The van der Waals surface area contributed by atoms with Crippen molar-refractivity contribution in [1.29, 1.82) is 0 Å². The van der Waals surface area contributed by atoms with E-state index in [0.29, 0.717) is 11.3 Å². The zero-order valence-electron chi connectivity index (χ0n) is 14.1. The van der Waals surface area contributed by atoms with Gasteiger partial charge in [0.15, 0.2) is 6.10 Å². The summed E-state index contributed by atoms with van der Waals surface area (Å²) in [6.07, 6.45) is -5.62. The van der Waals surface area contributed by atoms with Crippen LogP contribution in [0, 0.1) is 0 Å². The Balaban J connectivity index is 2.06. The van der Waals surface area contributed by atoms with Crippen molar-refractivity contribution < 1.29 is 27.5 Å². The number of alkyl halides is 3. The van der Waals surface area contributed by atoms with Gasteiger partial charge in [-0.3, -0.25) is 9.59 Å². The highest BCUT2D eigenvalue weighted by Crippen LogP contribution is 2.34. The number of halogens is 3. The zero-order chi connectivity index (χ0) is 19.3. The average molecular weight is 366 g/mol. The highest BCUT2D eigenvalue weighted by molar-refractivity contribution is 5.95. The lowest BCUT2D eigenvalue weighted by Crippen LogP contribution is -2.31. The summed E-state index contributed by atoms with van der Waals surface area (Å²) in [5.74, 6) is -0.687. The third-order valence-corrected chi connectivity index (χ3v) is 3.52. The highest BCUT2D eigenvalue weighted by atomic mass is 19.4. The van der Waals surface area contributed by atoms with Crippen LogP contribution in [0.2, 0.25) is 0 Å². The Labute approximate surface area is 148 Å². The van der Waals surface area contributed by atoms with E-state index in [-0.39, 0.29) is 11.6 Å². The average Bonchev–Trinajstić information content (AvgIpc) is 2.61. The number of hydrogen-bond acceptors (Lipinski definition) is 3. The fraction of sp³-hybridized carbons (Fsp3) is 0.222. The molecule has 0 fully saturated rings. The largest absolute Gasteiger partial charge is 0.481 e. The molecule has 8 heteroatoms. The van der Waals surface area contributed by atoms with E-state index in [1.807, 2.05) is 0 Å². The summed E-state index contributed by atoms with van der Waals surface area (Å²) in [7, 11) is 1.50.